The number of aryl methyl sites for hydroxylation is 1. The average Bonchev–Trinajstić information content (AvgIpc) is 2.41. The monoisotopic (exact) mass is 263 g/mol. The lowest BCUT2D eigenvalue weighted by molar-refractivity contribution is -0.229. The number of carbonyl (C=O) groups excluding carboxylic acids is 1. The molecule has 0 N–H and O–H groups in total. The SMILES string of the molecule is CCCCCCc1ccc(C(=O)OO[C](C)C)cc1. The Kier molecular flexibility index (Phi) is 7.19. The van der Waals surface area contributed by atoms with Crippen molar-refractivity contribution in [1.82, 2.24) is 0 Å². The predicted molar refractivity (Wildman–Crippen MR) is 75.4 cm³/mol. The first kappa shape index (κ1) is 15.7. The van der Waals surface area contributed by atoms with Crippen LogP contribution >= 0.6 is 0 Å². The maximum Gasteiger partial charge on any atom is 0.373 e. The minimum absolute atomic E-state index is 0.460. The van der Waals surface area contributed by atoms with Crippen molar-refractivity contribution in [1.29, 1.82) is 0 Å². The molecule has 1 radical (unpaired) electrons. The van der Waals surface area contributed by atoms with Gasteiger partial charge in [0.1, 0.15) is 6.10 Å². The third-order valence-corrected chi connectivity index (χ3v) is 2.79. The highest BCUT2D eigenvalue weighted by Crippen LogP contribution is 2.11. The second-order valence-corrected chi connectivity index (χ2v) is 4.87. The van der Waals surface area contributed by atoms with E-state index in [9.17, 15) is 4.79 Å². The van der Waals surface area contributed by atoms with E-state index in [1.165, 1.54) is 31.2 Å². The quantitative estimate of drug-likeness (QED) is 0.394. The van der Waals surface area contributed by atoms with Gasteiger partial charge in [-0.1, -0.05) is 38.3 Å². The van der Waals surface area contributed by atoms with Crippen molar-refractivity contribution in [2.24, 2.45) is 0 Å². The molecule has 105 valence electrons. The molecule has 0 spiro atoms. The standard InChI is InChI=1S/C16H23O3/c1-4-5-6-7-8-14-9-11-15(12-10-14)16(17)19-18-13(2)3/h9-12H,4-8H2,1-3H3. The lowest BCUT2D eigenvalue weighted by atomic mass is 10.0. The van der Waals surface area contributed by atoms with Crippen LogP contribution in [-0.2, 0) is 16.2 Å². The second-order valence-electron chi connectivity index (χ2n) is 4.87. The number of carbonyl (C=O) groups is 1. The minimum atomic E-state index is -0.460. The number of rotatable bonds is 8. The zero-order valence-electron chi connectivity index (χ0n) is 12.1. The highest BCUT2D eigenvalue weighted by atomic mass is 17.2. The second kappa shape index (κ2) is 8.70. The van der Waals surface area contributed by atoms with Gasteiger partial charge in [-0.15, -0.1) is 0 Å². The van der Waals surface area contributed by atoms with Gasteiger partial charge < -0.3 is 0 Å². The van der Waals surface area contributed by atoms with E-state index < -0.39 is 5.97 Å². The molecule has 0 amide bonds. The summed E-state index contributed by atoms with van der Waals surface area (Å²) in [6.45, 7) is 5.66. The Balaban J connectivity index is 2.40. The van der Waals surface area contributed by atoms with Crippen LogP contribution < -0.4 is 0 Å². The van der Waals surface area contributed by atoms with Crippen LogP contribution in [0, 0.1) is 6.10 Å². The molecule has 0 aliphatic rings. The maximum atomic E-state index is 11.6. The Morgan fingerprint density at radius 3 is 2.26 bits per heavy atom. The van der Waals surface area contributed by atoms with Crippen LogP contribution in [0.5, 0.6) is 0 Å². The van der Waals surface area contributed by atoms with Crippen molar-refractivity contribution < 1.29 is 14.6 Å². The van der Waals surface area contributed by atoms with E-state index >= 15 is 0 Å². The van der Waals surface area contributed by atoms with Crippen molar-refractivity contribution >= 4 is 5.97 Å². The van der Waals surface area contributed by atoms with Crippen LogP contribution in [0.1, 0.15) is 62.4 Å². The Morgan fingerprint density at radius 1 is 1.00 bits per heavy atom. The molecule has 0 aromatic heterocycles. The summed E-state index contributed by atoms with van der Waals surface area (Å²) in [6.07, 6.45) is 6.66. The van der Waals surface area contributed by atoms with Crippen molar-refractivity contribution in [3.8, 4) is 0 Å². The Labute approximate surface area is 115 Å². The lowest BCUT2D eigenvalue weighted by Crippen LogP contribution is -2.07. The van der Waals surface area contributed by atoms with E-state index in [4.69, 9.17) is 4.89 Å². The maximum absolute atomic E-state index is 11.6. The number of hydrogen-bond acceptors (Lipinski definition) is 3. The van der Waals surface area contributed by atoms with Gasteiger partial charge in [0.15, 0.2) is 0 Å². The highest BCUT2D eigenvalue weighted by molar-refractivity contribution is 5.88. The molecule has 0 atom stereocenters. The van der Waals surface area contributed by atoms with Crippen molar-refractivity contribution in [3.05, 3.63) is 41.5 Å². The molecule has 0 saturated heterocycles. The molecule has 0 bridgehead atoms. The van der Waals surface area contributed by atoms with Gasteiger partial charge in [-0.05, 0) is 44.4 Å². The Bertz CT molecular complexity index is 368. The van der Waals surface area contributed by atoms with E-state index in [1.54, 1.807) is 26.0 Å². The summed E-state index contributed by atoms with van der Waals surface area (Å²) < 4.78 is 0. The van der Waals surface area contributed by atoms with Crippen LogP contribution in [0.2, 0.25) is 0 Å². The first-order valence-corrected chi connectivity index (χ1v) is 6.91. The topological polar surface area (TPSA) is 35.5 Å². The normalized spacial score (nSPS) is 10.7. The van der Waals surface area contributed by atoms with Gasteiger partial charge in [0.2, 0.25) is 0 Å². The average molecular weight is 263 g/mol. The Hall–Kier alpha value is -1.35. The fraction of sp³-hybridized carbons (Fsp3) is 0.500. The van der Waals surface area contributed by atoms with Crippen molar-refractivity contribution in [2.45, 2.75) is 52.9 Å². The zero-order chi connectivity index (χ0) is 14.1. The molecule has 3 heteroatoms. The minimum Gasteiger partial charge on any atom is -0.292 e. The van der Waals surface area contributed by atoms with Gasteiger partial charge >= 0.3 is 5.97 Å². The zero-order valence-corrected chi connectivity index (χ0v) is 12.1. The molecule has 0 saturated carbocycles. The molecular weight excluding hydrogens is 240 g/mol. The van der Waals surface area contributed by atoms with Crippen LogP contribution in [0.25, 0.3) is 0 Å². The van der Waals surface area contributed by atoms with E-state index in [0.29, 0.717) is 11.7 Å². The fourth-order valence-corrected chi connectivity index (χ4v) is 1.73. The first-order chi connectivity index (χ1) is 9.13. The smallest absolute Gasteiger partial charge is 0.292 e. The van der Waals surface area contributed by atoms with E-state index in [2.05, 4.69) is 11.8 Å². The largest absolute Gasteiger partial charge is 0.373 e. The van der Waals surface area contributed by atoms with E-state index in [-0.39, 0.29) is 0 Å². The number of unbranched alkanes of at least 4 members (excludes halogenated alkanes) is 3. The van der Waals surface area contributed by atoms with Gasteiger partial charge in [-0.25, -0.2) is 4.79 Å². The van der Waals surface area contributed by atoms with Crippen LogP contribution in [0.15, 0.2) is 24.3 Å². The Morgan fingerprint density at radius 2 is 1.68 bits per heavy atom. The lowest BCUT2D eigenvalue weighted by Gasteiger charge is -2.06. The molecule has 1 aromatic carbocycles. The van der Waals surface area contributed by atoms with Crippen LogP contribution in [0.3, 0.4) is 0 Å². The third kappa shape index (κ3) is 6.39. The highest BCUT2D eigenvalue weighted by Gasteiger charge is 2.09. The fourth-order valence-electron chi connectivity index (χ4n) is 1.73. The summed E-state index contributed by atoms with van der Waals surface area (Å²) in [7, 11) is 0. The molecule has 1 rings (SSSR count). The molecule has 0 aliphatic heterocycles. The summed E-state index contributed by atoms with van der Waals surface area (Å²) >= 11 is 0. The van der Waals surface area contributed by atoms with Crippen molar-refractivity contribution in [2.75, 3.05) is 0 Å². The molecule has 0 aliphatic carbocycles. The summed E-state index contributed by atoms with van der Waals surface area (Å²) in [6, 6.07) is 7.52. The van der Waals surface area contributed by atoms with Crippen LogP contribution in [0.4, 0.5) is 0 Å². The van der Waals surface area contributed by atoms with Gasteiger partial charge in [-0.3, -0.25) is 4.89 Å². The summed E-state index contributed by atoms with van der Waals surface area (Å²) in [5, 5.41) is 0. The van der Waals surface area contributed by atoms with Crippen LogP contribution in [-0.4, -0.2) is 5.97 Å². The van der Waals surface area contributed by atoms with E-state index in [1.807, 2.05) is 12.1 Å². The van der Waals surface area contributed by atoms with E-state index in [0.717, 1.165) is 6.42 Å². The van der Waals surface area contributed by atoms with Gasteiger partial charge in [0, 0.05) is 0 Å². The van der Waals surface area contributed by atoms with Gasteiger partial charge in [0.25, 0.3) is 0 Å². The molecule has 1 aromatic rings. The molecule has 3 nitrogen and oxygen atoms in total. The number of benzene rings is 1. The summed E-state index contributed by atoms with van der Waals surface area (Å²) in [5.74, 6) is -0.460. The first-order valence-electron chi connectivity index (χ1n) is 6.91. The molecule has 0 fully saturated rings. The summed E-state index contributed by atoms with van der Waals surface area (Å²) in [5.41, 5.74) is 1.77. The molecule has 0 heterocycles. The molecule has 19 heavy (non-hydrogen) atoms. The predicted octanol–water partition coefficient (Wildman–Crippen LogP) is 4.47. The van der Waals surface area contributed by atoms with Gasteiger partial charge in [-0.2, -0.15) is 4.89 Å². The summed E-state index contributed by atoms with van der Waals surface area (Å²) in [4.78, 5) is 21.0. The molecule has 0 unspecified atom stereocenters. The third-order valence-electron chi connectivity index (χ3n) is 2.79. The van der Waals surface area contributed by atoms with Crippen molar-refractivity contribution in [3.63, 3.8) is 0 Å². The van der Waals surface area contributed by atoms with Gasteiger partial charge in [0.05, 0.1) is 5.56 Å². The number of hydrogen-bond donors (Lipinski definition) is 0. The molecular formula is C16H23O3.